The van der Waals surface area contributed by atoms with Crippen LogP contribution in [0.5, 0.6) is 0 Å². The van der Waals surface area contributed by atoms with E-state index in [4.69, 9.17) is 10.1 Å². The maximum absolute atomic E-state index is 13.7. The van der Waals surface area contributed by atoms with Crippen molar-refractivity contribution in [1.82, 2.24) is 9.55 Å². The first-order valence-corrected chi connectivity index (χ1v) is 14.0. The van der Waals surface area contributed by atoms with E-state index in [0.717, 1.165) is 4.31 Å². The predicted molar refractivity (Wildman–Crippen MR) is 143 cm³/mol. The highest BCUT2D eigenvalue weighted by Gasteiger charge is 2.29. The van der Waals surface area contributed by atoms with Gasteiger partial charge in [0.25, 0.3) is 0 Å². The zero-order valence-corrected chi connectivity index (χ0v) is 22.5. The molecule has 2 atom stereocenters. The van der Waals surface area contributed by atoms with Crippen molar-refractivity contribution in [2.45, 2.75) is 63.5 Å². The molecule has 11 heteroatoms. The van der Waals surface area contributed by atoms with Crippen LogP contribution in [0.25, 0.3) is 11.3 Å². The first-order chi connectivity index (χ1) is 17.9. The zero-order valence-electron chi connectivity index (χ0n) is 21.7. The second-order valence-corrected chi connectivity index (χ2v) is 11.6. The van der Waals surface area contributed by atoms with E-state index in [0.29, 0.717) is 22.5 Å². The third kappa shape index (κ3) is 7.40. The van der Waals surface area contributed by atoms with Crippen molar-refractivity contribution in [3.8, 4) is 11.3 Å². The Kier molecular flexibility index (Phi) is 9.64. The Morgan fingerprint density at radius 1 is 1.05 bits per heavy atom. The largest absolute Gasteiger partial charge is 0.481 e. The molecule has 9 nitrogen and oxygen atoms in total. The van der Waals surface area contributed by atoms with Crippen LogP contribution >= 0.6 is 0 Å². The number of rotatable bonds is 13. The topological polar surface area (TPSA) is 133 Å². The Hall–Kier alpha value is -3.28. The monoisotopic (exact) mass is 547 g/mol. The van der Waals surface area contributed by atoms with Crippen LogP contribution in [0.2, 0.25) is 0 Å². The lowest BCUT2D eigenvalue weighted by Gasteiger charge is -2.23. The minimum Gasteiger partial charge on any atom is -0.481 e. The van der Waals surface area contributed by atoms with Gasteiger partial charge in [0.1, 0.15) is 5.82 Å². The molecule has 0 saturated carbocycles. The number of halogens is 1. The summed E-state index contributed by atoms with van der Waals surface area (Å²) in [5, 5.41) is 29.3. The van der Waals surface area contributed by atoms with Gasteiger partial charge >= 0.3 is 5.97 Å². The van der Waals surface area contributed by atoms with E-state index >= 15 is 0 Å². The molecule has 0 aliphatic rings. The van der Waals surface area contributed by atoms with E-state index in [1.165, 1.54) is 19.2 Å². The third-order valence-corrected chi connectivity index (χ3v) is 7.88. The summed E-state index contributed by atoms with van der Waals surface area (Å²) in [6.07, 6.45) is -2.36. The molecule has 0 fully saturated rings. The predicted octanol–water partition coefficient (Wildman–Crippen LogP) is 3.76. The number of benzene rings is 2. The van der Waals surface area contributed by atoms with E-state index in [2.05, 4.69) is 0 Å². The van der Waals surface area contributed by atoms with Gasteiger partial charge in [0.2, 0.25) is 16.0 Å². The Morgan fingerprint density at radius 2 is 1.68 bits per heavy atom. The molecular formula is C27H34FN3O6S. The zero-order chi connectivity index (χ0) is 28.0. The van der Waals surface area contributed by atoms with E-state index in [9.17, 15) is 27.8 Å². The van der Waals surface area contributed by atoms with Crippen molar-refractivity contribution in [1.29, 1.82) is 0 Å². The first kappa shape index (κ1) is 29.3. The fraction of sp³-hybridized carbons (Fsp3) is 0.407. The Labute approximate surface area is 222 Å². The number of nitrogens with zero attached hydrogens (tertiary/aromatic N) is 3. The van der Waals surface area contributed by atoms with Crippen LogP contribution in [0, 0.1) is 5.82 Å². The van der Waals surface area contributed by atoms with Crippen LogP contribution in [-0.4, -0.2) is 58.5 Å². The van der Waals surface area contributed by atoms with E-state index in [1.54, 1.807) is 41.0 Å². The number of carbonyl (C=O) groups is 1. The summed E-state index contributed by atoms with van der Waals surface area (Å²) >= 11 is 0. The highest BCUT2D eigenvalue weighted by Crippen LogP contribution is 2.34. The van der Waals surface area contributed by atoms with E-state index in [-0.39, 0.29) is 37.0 Å². The van der Waals surface area contributed by atoms with Gasteiger partial charge in [0.05, 0.1) is 30.1 Å². The SMILES string of the molecule is CC(C)n1c(N(C)S(=O)(=O)Cc2ccccc2)nc(-c2ccc(F)cc2)c1CC[C@@H](O)C[C@@H](O)CC(=O)O. The van der Waals surface area contributed by atoms with Gasteiger partial charge in [-0.1, -0.05) is 30.3 Å². The number of carboxylic acids is 1. The summed E-state index contributed by atoms with van der Waals surface area (Å²) in [6, 6.07) is 14.3. The molecule has 2 aromatic carbocycles. The van der Waals surface area contributed by atoms with Gasteiger partial charge in [-0.2, -0.15) is 0 Å². The molecular weight excluding hydrogens is 513 g/mol. The molecule has 0 aliphatic heterocycles. The van der Waals surface area contributed by atoms with Crippen molar-refractivity contribution >= 4 is 21.9 Å². The highest BCUT2D eigenvalue weighted by molar-refractivity contribution is 7.92. The molecule has 1 heterocycles. The number of carboxylic acid groups (broad SMARTS) is 1. The van der Waals surface area contributed by atoms with E-state index in [1.807, 2.05) is 19.9 Å². The normalized spacial score (nSPS) is 13.4. The summed E-state index contributed by atoms with van der Waals surface area (Å²) < 4.78 is 43.3. The van der Waals surface area contributed by atoms with E-state index < -0.39 is 40.4 Å². The molecule has 0 unspecified atom stereocenters. The molecule has 206 valence electrons. The number of anilines is 1. The Morgan fingerprint density at radius 3 is 2.26 bits per heavy atom. The number of aliphatic carboxylic acids is 1. The van der Waals surface area contributed by atoms with Crippen molar-refractivity contribution in [3.05, 3.63) is 71.7 Å². The lowest BCUT2D eigenvalue weighted by atomic mass is 10.0. The van der Waals surface area contributed by atoms with Crippen LogP contribution in [-0.2, 0) is 27.0 Å². The lowest BCUT2D eigenvalue weighted by Crippen LogP contribution is -2.31. The molecule has 0 amide bonds. The van der Waals surface area contributed by atoms with Gasteiger partial charge in [-0.15, -0.1) is 0 Å². The fourth-order valence-corrected chi connectivity index (χ4v) is 5.51. The van der Waals surface area contributed by atoms with Gasteiger partial charge in [0.15, 0.2) is 0 Å². The van der Waals surface area contributed by atoms with Crippen LogP contribution in [0.4, 0.5) is 10.3 Å². The van der Waals surface area contributed by atoms with Gasteiger partial charge in [-0.25, -0.2) is 22.1 Å². The Bertz CT molecular complexity index is 1330. The lowest BCUT2D eigenvalue weighted by molar-refractivity contribution is -0.139. The minimum absolute atomic E-state index is 0.119. The number of sulfonamides is 1. The van der Waals surface area contributed by atoms with Crippen molar-refractivity contribution in [2.24, 2.45) is 0 Å². The van der Waals surface area contributed by atoms with Crippen LogP contribution < -0.4 is 4.31 Å². The summed E-state index contributed by atoms with van der Waals surface area (Å²) in [4.78, 5) is 15.5. The molecule has 3 rings (SSSR count). The molecule has 38 heavy (non-hydrogen) atoms. The summed E-state index contributed by atoms with van der Waals surface area (Å²) in [5.41, 5.74) is 2.30. The highest BCUT2D eigenvalue weighted by atomic mass is 32.2. The number of aliphatic hydroxyl groups excluding tert-OH is 2. The number of imidazole rings is 1. The second-order valence-electron chi connectivity index (χ2n) is 9.57. The van der Waals surface area contributed by atoms with Gasteiger partial charge < -0.3 is 19.9 Å². The standard InChI is InChI=1S/C27H34FN3O6S/c1-18(2)31-24(14-13-22(32)15-23(33)16-25(34)35)26(20-9-11-21(28)12-10-20)29-27(31)30(3)38(36,37)17-19-7-5-4-6-8-19/h4-12,18,22-23,32-33H,13-17H2,1-3H3,(H,34,35)/t22-,23-/m1/s1. The average Bonchev–Trinajstić information content (AvgIpc) is 3.22. The van der Waals surface area contributed by atoms with Crippen molar-refractivity contribution in [3.63, 3.8) is 0 Å². The van der Waals surface area contributed by atoms with Gasteiger partial charge in [-0.05, 0) is 62.9 Å². The molecule has 0 aliphatic carbocycles. The van der Waals surface area contributed by atoms with Crippen molar-refractivity contribution in [2.75, 3.05) is 11.4 Å². The van der Waals surface area contributed by atoms with Crippen LogP contribution in [0.1, 0.15) is 50.4 Å². The molecule has 1 aromatic heterocycles. The Balaban J connectivity index is 2.00. The molecule has 0 bridgehead atoms. The number of hydrogen-bond acceptors (Lipinski definition) is 6. The average molecular weight is 548 g/mol. The first-order valence-electron chi connectivity index (χ1n) is 12.3. The maximum Gasteiger partial charge on any atom is 0.305 e. The summed E-state index contributed by atoms with van der Waals surface area (Å²) in [7, 11) is -2.38. The van der Waals surface area contributed by atoms with Crippen LogP contribution in [0.3, 0.4) is 0 Å². The summed E-state index contributed by atoms with van der Waals surface area (Å²) in [6.45, 7) is 3.77. The number of hydrogen-bond donors (Lipinski definition) is 3. The van der Waals surface area contributed by atoms with Crippen LogP contribution in [0.15, 0.2) is 54.6 Å². The maximum atomic E-state index is 13.7. The van der Waals surface area contributed by atoms with Crippen molar-refractivity contribution < 1.29 is 32.9 Å². The smallest absolute Gasteiger partial charge is 0.305 e. The fourth-order valence-electron chi connectivity index (χ4n) is 4.32. The molecule has 0 saturated heterocycles. The molecule has 0 radical (unpaired) electrons. The quantitative estimate of drug-likeness (QED) is 0.297. The summed E-state index contributed by atoms with van der Waals surface area (Å²) in [5.74, 6) is -1.63. The minimum atomic E-state index is -3.82. The molecule has 0 spiro atoms. The number of aromatic nitrogens is 2. The molecule has 3 N–H and O–H groups in total. The van der Waals surface area contributed by atoms with Gasteiger partial charge in [-0.3, -0.25) is 4.79 Å². The van der Waals surface area contributed by atoms with Gasteiger partial charge in [0, 0.05) is 24.3 Å². The third-order valence-electron chi connectivity index (χ3n) is 6.19. The number of aliphatic hydroxyl groups is 2. The second kappa shape index (κ2) is 12.5. The molecule has 3 aromatic rings.